The molecule has 154 valence electrons. The van der Waals surface area contributed by atoms with Crippen molar-refractivity contribution in [2.75, 3.05) is 4.90 Å². The van der Waals surface area contributed by atoms with Crippen molar-refractivity contribution in [2.24, 2.45) is 0 Å². The van der Waals surface area contributed by atoms with Gasteiger partial charge in [-0.1, -0.05) is 48.5 Å². The Morgan fingerprint density at radius 3 is 2.35 bits per heavy atom. The molecule has 1 aliphatic heterocycles. The Morgan fingerprint density at radius 2 is 1.68 bits per heavy atom. The number of benzene rings is 3. The van der Waals surface area contributed by atoms with Gasteiger partial charge in [-0.25, -0.2) is 4.39 Å². The van der Waals surface area contributed by atoms with Crippen molar-refractivity contribution < 1.29 is 24.0 Å². The number of non-ortho nitro benzene ring substituents is 1. The van der Waals surface area contributed by atoms with Crippen LogP contribution in [0, 0.1) is 15.9 Å². The summed E-state index contributed by atoms with van der Waals surface area (Å²) in [7, 11) is 0. The highest BCUT2D eigenvalue weighted by atomic mass is 19.1. The molecule has 0 spiro atoms. The van der Waals surface area contributed by atoms with Gasteiger partial charge in [0.05, 0.1) is 22.2 Å². The Balaban J connectivity index is 1.97. The van der Waals surface area contributed by atoms with E-state index in [1.165, 1.54) is 36.4 Å². The summed E-state index contributed by atoms with van der Waals surface area (Å²) in [5.41, 5.74) is 0.121. The number of amides is 1. The van der Waals surface area contributed by atoms with Gasteiger partial charge in [0.25, 0.3) is 17.4 Å². The summed E-state index contributed by atoms with van der Waals surface area (Å²) < 4.78 is 14.0. The molecule has 1 saturated heterocycles. The number of nitro benzene ring substituents is 1. The lowest BCUT2D eigenvalue weighted by Crippen LogP contribution is -2.29. The number of Topliss-reactive ketones (excluding diaryl/α,β-unsaturated/α-hetero) is 1. The number of halogens is 1. The number of aliphatic hydroxyl groups is 1. The highest BCUT2D eigenvalue weighted by Gasteiger charge is 2.47. The third-order valence-electron chi connectivity index (χ3n) is 4.97. The predicted molar refractivity (Wildman–Crippen MR) is 111 cm³/mol. The Kier molecular flexibility index (Phi) is 5.04. The Labute approximate surface area is 175 Å². The number of carbonyl (C=O) groups excluding carboxylic acids is 2. The molecular formula is C23H15FN2O5. The van der Waals surface area contributed by atoms with E-state index in [1.807, 2.05) is 0 Å². The van der Waals surface area contributed by atoms with Crippen molar-refractivity contribution in [3.63, 3.8) is 0 Å². The number of nitrogens with zero attached hydrogens (tertiary/aromatic N) is 2. The topological polar surface area (TPSA) is 101 Å². The van der Waals surface area contributed by atoms with Gasteiger partial charge in [0.15, 0.2) is 0 Å². The summed E-state index contributed by atoms with van der Waals surface area (Å²) in [6.07, 6.45) is 0. The maximum Gasteiger partial charge on any atom is 0.300 e. The second kappa shape index (κ2) is 7.83. The third kappa shape index (κ3) is 3.55. The van der Waals surface area contributed by atoms with Crippen molar-refractivity contribution in [1.82, 2.24) is 0 Å². The van der Waals surface area contributed by atoms with E-state index < -0.39 is 34.2 Å². The maximum atomic E-state index is 14.0. The largest absolute Gasteiger partial charge is 0.507 e. The first kappa shape index (κ1) is 20.0. The molecule has 1 N–H and O–H groups in total. The number of anilines is 1. The van der Waals surface area contributed by atoms with Crippen LogP contribution >= 0.6 is 0 Å². The zero-order valence-electron chi connectivity index (χ0n) is 15.9. The molecule has 0 bridgehead atoms. The van der Waals surface area contributed by atoms with Crippen LogP contribution in [0.1, 0.15) is 17.2 Å². The first-order valence-electron chi connectivity index (χ1n) is 9.25. The van der Waals surface area contributed by atoms with Gasteiger partial charge < -0.3 is 5.11 Å². The first-order chi connectivity index (χ1) is 14.9. The molecule has 8 heteroatoms. The molecular weight excluding hydrogens is 403 g/mol. The Bertz CT molecular complexity index is 1240. The normalized spacial score (nSPS) is 17.7. The van der Waals surface area contributed by atoms with E-state index >= 15 is 0 Å². The number of rotatable bonds is 4. The van der Waals surface area contributed by atoms with Crippen LogP contribution in [0.3, 0.4) is 0 Å². The highest BCUT2D eigenvalue weighted by Crippen LogP contribution is 2.42. The fraction of sp³-hybridized carbons (Fsp3) is 0.0435. The molecule has 1 atom stereocenters. The minimum atomic E-state index is -1.17. The Hall–Kier alpha value is -4.33. The lowest BCUT2D eigenvalue weighted by molar-refractivity contribution is -0.384. The van der Waals surface area contributed by atoms with E-state index in [9.17, 15) is 29.2 Å². The first-order valence-corrected chi connectivity index (χ1v) is 9.25. The zero-order valence-corrected chi connectivity index (χ0v) is 15.9. The van der Waals surface area contributed by atoms with E-state index in [0.29, 0.717) is 5.56 Å². The number of aliphatic hydroxyl groups excluding tert-OH is 1. The molecule has 1 unspecified atom stereocenters. The SMILES string of the molecule is O=C1C(=O)N(c2cccc([N+](=O)[O-])c2)C(c2cccc(F)c2)/C1=C(\O)c1ccccc1. The van der Waals surface area contributed by atoms with Gasteiger partial charge in [-0.05, 0) is 23.8 Å². The molecule has 1 aliphatic rings. The average molecular weight is 418 g/mol. The van der Waals surface area contributed by atoms with Crippen molar-refractivity contribution >= 4 is 28.8 Å². The van der Waals surface area contributed by atoms with Crippen LogP contribution in [0.4, 0.5) is 15.8 Å². The molecule has 3 aromatic rings. The smallest absolute Gasteiger partial charge is 0.300 e. The summed E-state index contributed by atoms with van der Waals surface area (Å²) in [4.78, 5) is 37.5. The molecule has 3 aromatic carbocycles. The molecule has 0 radical (unpaired) electrons. The third-order valence-corrected chi connectivity index (χ3v) is 4.97. The van der Waals surface area contributed by atoms with Crippen LogP contribution in [0.2, 0.25) is 0 Å². The van der Waals surface area contributed by atoms with E-state index in [0.717, 1.165) is 17.0 Å². The monoisotopic (exact) mass is 418 g/mol. The second-order valence-corrected chi connectivity index (χ2v) is 6.87. The zero-order chi connectivity index (χ0) is 22.1. The maximum absolute atomic E-state index is 14.0. The van der Waals surface area contributed by atoms with Gasteiger partial charge in [-0.15, -0.1) is 0 Å². The molecule has 0 aromatic heterocycles. The average Bonchev–Trinajstić information content (AvgIpc) is 3.04. The Morgan fingerprint density at radius 1 is 0.968 bits per heavy atom. The minimum absolute atomic E-state index is 0.0812. The summed E-state index contributed by atoms with van der Waals surface area (Å²) >= 11 is 0. The van der Waals surface area contributed by atoms with Crippen molar-refractivity contribution in [2.45, 2.75) is 6.04 Å². The fourth-order valence-electron chi connectivity index (χ4n) is 3.60. The van der Waals surface area contributed by atoms with E-state index in [1.54, 1.807) is 30.3 Å². The fourth-order valence-corrected chi connectivity index (χ4v) is 3.60. The lowest BCUT2D eigenvalue weighted by atomic mass is 9.95. The van der Waals surface area contributed by atoms with Gasteiger partial charge in [0.1, 0.15) is 11.6 Å². The van der Waals surface area contributed by atoms with Crippen LogP contribution < -0.4 is 4.90 Å². The summed E-state index contributed by atoms with van der Waals surface area (Å²) in [5.74, 6) is -2.96. The quantitative estimate of drug-likeness (QED) is 0.223. The minimum Gasteiger partial charge on any atom is -0.507 e. The summed E-state index contributed by atoms with van der Waals surface area (Å²) in [5, 5.41) is 22.1. The van der Waals surface area contributed by atoms with Gasteiger partial charge in [0.2, 0.25) is 0 Å². The molecule has 0 saturated carbocycles. The molecule has 7 nitrogen and oxygen atoms in total. The van der Waals surface area contributed by atoms with Gasteiger partial charge in [0, 0.05) is 17.7 Å². The summed E-state index contributed by atoms with van der Waals surface area (Å²) in [6, 6.07) is 17.5. The van der Waals surface area contributed by atoms with Crippen LogP contribution in [0.25, 0.3) is 5.76 Å². The molecule has 4 rings (SSSR count). The standard InChI is InChI=1S/C23H15FN2O5/c24-16-9-4-8-15(12-16)20-19(21(27)14-6-2-1-3-7-14)22(28)23(29)25(20)17-10-5-11-18(13-17)26(30)31/h1-13,20,27H/b21-19+. The molecule has 0 aliphatic carbocycles. The van der Waals surface area contributed by atoms with Crippen molar-refractivity contribution in [3.8, 4) is 0 Å². The lowest BCUT2D eigenvalue weighted by Gasteiger charge is -2.25. The van der Waals surface area contributed by atoms with Gasteiger partial charge >= 0.3 is 0 Å². The van der Waals surface area contributed by atoms with E-state index in [2.05, 4.69) is 0 Å². The second-order valence-electron chi connectivity index (χ2n) is 6.87. The molecule has 31 heavy (non-hydrogen) atoms. The molecule has 1 fully saturated rings. The number of hydrogen-bond donors (Lipinski definition) is 1. The number of ketones is 1. The number of carbonyl (C=O) groups is 2. The highest BCUT2D eigenvalue weighted by molar-refractivity contribution is 6.51. The van der Waals surface area contributed by atoms with Crippen LogP contribution in [0.15, 0.2) is 84.4 Å². The molecule has 1 amide bonds. The van der Waals surface area contributed by atoms with E-state index in [4.69, 9.17) is 0 Å². The number of hydrogen-bond acceptors (Lipinski definition) is 5. The predicted octanol–water partition coefficient (Wildman–Crippen LogP) is 4.36. The van der Waals surface area contributed by atoms with E-state index in [-0.39, 0.29) is 22.5 Å². The van der Waals surface area contributed by atoms with Crippen LogP contribution in [-0.2, 0) is 9.59 Å². The summed E-state index contributed by atoms with van der Waals surface area (Å²) in [6.45, 7) is 0. The molecule has 1 heterocycles. The van der Waals surface area contributed by atoms with Crippen LogP contribution in [-0.4, -0.2) is 21.7 Å². The van der Waals surface area contributed by atoms with Gasteiger partial charge in [-0.3, -0.25) is 24.6 Å². The van der Waals surface area contributed by atoms with Gasteiger partial charge in [-0.2, -0.15) is 0 Å². The van der Waals surface area contributed by atoms with Crippen molar-refractivity contribution in [3.05, 3.63) is 111 Å². The van der Waals surface area contributed by atoms with Crippen LogP contribution in [0.5, 0.6) is 0 Å². The van der Waals surface area contributed by atoms with Crippen molar-refractivity contribution in [1.29, 1.82) is 0 Å². The number of nitro groups is 1.